The van der Waals surface area contributed by atoms with E-state index in [2.05, 4.69) is 26.5 Å². The number of hydrogen-bond donors (Lipinski definition) is 2. The lowest BCUT2D eigenvalue weighted by atomic mass is 10.1. The van der Waals surface area contributed by atoms with Gasteiger partial charge >= 0.3 is 0 Å². The minimum Gasteiger partial charge on any atom is -0.507 e. The van der Waals surface area contributed by atoms with Gasteiger partial charge in [0.2, 0.25) is 0 Å². The van der Waals surface area contributed by atoms with Crippen LogP contribution in [0, 0.1) is 0 Å². The standard InChI is InChI=1S/C15H13BrN2O2/c1-10(11-5-3-2-4-6-11)17-18-15(20)13-9-12(16)7-8-14(13)19/h2-9,19H,1H3,(H,18,20). The van der Waals surface area contributed by atoms with E-state index in [0.717, 1.165) is 5.56 Å². The molecule has 0 fully saturated rings. The number of halogens is 1. The molecule has 0 aliphatic rings. The van der Waals surface area contributed by atoms with Crippen LogP contribution >= 0.6 is 15.9 Å². The normalized spacial score (nSPS) is 11.2. The average molecular weight is 333 g/mol. The van der Waals surface area contributed by atoms with Crippen LogP contribution in [0.5, 0.6) is 5.75 Å². The van der Waals surface area contributed by atoms with Crippen molar-refractivity contribution in [2.45, 2.75) is 6.92 Å². The van der Waals surface area contributed by atoms with Crippen LogP contribution in [0.2, 0.25) is 0 Å². The molecular formula is C15H13BrN2O2. The Hall–Kier alpha value is -2.14. The van der Waals surface area contributed by atoms with Gasteiger partial charge in [0.1, 0.15) is 5.75 Å². The number of nitrogens with one attached hydrogen (secondary N) is 1. The Balaban J connectivity index is 2.14. The van der Waals surface area contributed by atoms with Gasteiger partial charge in [-0.05, 0) is 30.7 Å². The number of carbonyl (C=O) groups is 1. The number of amides is 1. The van der Waals surface area contributed by atoms with Crippen LogP contribution in [-0.4, -0.2) is 16.7 Å². The lowest BCUT2D eigenvalue weighted by Crippen LogP contribution is -2.19. The molecule has 5 heteroatoms. The molecule has 0 spiro atoms. The molecule has 102 valence electrons. The number of aromatic hydroxyl groups is 1. The molecule has 1 amide bonds. The van der Waals surface area contributed by atoms with Gasteiger partial charge in [-0.25, -0.2) is 5.43 Å². The van der Waals surface area contributed by atoms with E-state index in [-0.39, 0.29) is 11.3 Å². The summed E-state index contributed by atoms with van der Waals surface area (Å²) in [5, 5.41) is 13.7. The Kier molecular flexibility index (Phi) is 4.53. The molecular weight excluding hydrogens is 320 g/mol. The Bertz CT molecular complexity index is 654. The van der Waals surface area contributed by atoms with E-state index in [1.165, 1.54) is 12.1 Å². The smallest absolute Gasteiger partial charge is 0.275 e. The van der Waals surface area contributed by atoms with Gasteiger partial charge in [0.05, 0.1) is 11.3 Å². The van der Waals surface area contributed by atoms with Crippen molar-refractivity contribution in [1.29, 1.82) is 0 Å². The number of rotatable bonds is 3. The molecule has 0 heterocycles. The van der Waals surface area contributed by atoms with Crippen molar-refractivity contribution in [1.82, 2.24) is 5.43 Å². The zero-order valence-corrected chi connectivity index (χ0v) is 12.4. The highest BCUT2D eigenvalue weighted by molar-refractivity contribution is 9.10. The number of hydrazone groups is 1. The second-order valence-corrected chi connectivity index (χ2v) is 5.08. The molecule has 2 aromatic carbocycles. The van der Waals surface area contributed by atoms with Crippen LogP contribution in [0.4, 0.5) is 0 Å². The first kappa shape index (κ1) is 14.3. The molecule has 2 rings (SSSR count). The molecule has 20 heavy (non-hydrogen) atoms. The highest BCUT2D eigenvalue weighted by atomic mass is 79.9. The number of carbonyl (C=O) groups excluding carboxylic acids is 1. The van der Waals surface area contributed by atoms with Gasteiger partial charge in [0.15, 0.2) is 0 Å². The van der Waals surface area contributed by atoms with Gasteiger partial charge in [-0.15, -0.1) is 0 Å². The third-order valence-electron chi connectivity index (χ3n) is 2.72. The van der Waals surface area contributed by atoms with Gasteiger partial charge in [-0.3, -0.25) is 4.79 Å². The monoisotopic (exact) mass is 332 g/mol. The van der Waals surface area contributed by atoms with Crippen molar-refractivity contribution in [3.8, 4) is 5.75 Å². The fourth-order valence-electron chi connectivity index (χ4n) is 1.63. The first-order valence-electron chi connectivity index (χ1n) is 5.96. The van der Waals surface area contributed by atoms with Crippen LogP contribution in [0.3, 0.4) is 0 Å². The molecule has 0 atom stereocenters. The van der Waals surface area contributed by atoms with Crippen LogP contribution in [-0.2, 0) is 0 Å². The predicted molar refractivity (Wildman–Crippen MR) is 81.9 cm³/mol. The third kappa shape index (κ3) is 3.45. The van der Waals surface area contributed by atoms with E-state index in [1.54, 1.807) is 13.0 Å². The van der Waals surface area contributed by atoms with E-state index >= 15 is 0 Å². The largest absolute Gasteiger partial charge is 0.507 e. The van der Waals surface area contributed by atoms with Gasteiger partial charge in [-0.2, -0.15) is 5.10 Å². The van der Waals surface area contributed by atoms with Crippen molar-refractivity contribution in [3.63, 3.8) is 0 Å². The second kappa shape index (κ2) is 6.34. The summed E-state index contributed by atoms with van der Waals surface area (Å²) in [6.07, 6.45) is 0. The average Bonchev–Trinajstić information content (AvgIpc) is 2.47. The van der Waals surface area contributed by atoms with Crippen LogP contribution in [0.15, 0.2) is 58.1 Å². The first-order chi connectivity index (χ1) is 9.58. The van der Waals surface area contributed by atoms with E-state index in [9.17, 15) is 9.90 Å². The molecule has 0 radical (unpaired) electrons. The van der Waals surface area contributed by atoms with E-state index < -0.39 is 5.91 Å². The maximum Gasteiger partial charge on any atom is 0.275 e. The fourth-order valence-corrected chi connectivity index (χ4v) is 1.99. The predicted octanol–water partition coefficient (Wildman–Crippen LogP) is 3.31. The minimum atomic E-state index is -0.459. The third-order valence-corrected chi connectivity index (χ3v) is 3.21. The summed E-state index contributed by atoms with van der Waals surface area (Å²) in [6.45, 7) is 1.80. The maximum atomic E-state index is 12.0. The first-order valence-corrected chi connectivity index (χ1v) is 6.76. The van der Waals surface area contributed by atoms with Crippen molar-refractivity contribution in [2.24, 2.45) is 5.10 Å². The molecule has 2 N–H and O–H groups in total. The van der Waals surface area contributed by atoms with Gasteiger partial charge in [-0.1, -0.05) is 46.3 Å². The van der Waals surface area contributed by atoms with E-state index in [0.29, 0.717) is 10.2 Å². The van der Waals surface area contributed by atoms with Crippen LogP contribution in [0.25, 0.3) is 0 Å². The quantitative estimate of drug-likeness (QED) is 0.669. The molecule has 0 saturated carbocycles. The summed E-state index contributed by atoms with van der Waals surface area (Å²) in [5.41, 5.74) is 4.21. The summed E-state index contributed by atoms with van der Waals surface area (Å²) in [5.74, 6) is -0.544. The topological polar surface area (TPSA) is 61.7 Å². The molecule has 0 aliphatic carbocycles. The van der Waals surface area contributed by atoms with Crippen molar-refractivity contribution in [3.05, 3.63) is 64.1 Å². The molecule has 4 nitrogen and oxygen atoms in total. The molecule has 0 aliphatic heterocycles. The Morgan fingerprint density at radius 1 is 1.20 bits per heavy atom. The summed E-state index contributed by atoms with van der Waals surface area (Å²) >= 11 is 3.25. The van der Waals surface area contributed by atoms with Crippen LogP contribution in [0.1, 0.15) is 22.8 Å². The van der Waals surface area contributed by atoms with Crippen molar-refractivity contribution >= 4 is 27.5 Å². The number of nitrogens with zero attached hydrogens (tertiary/aromatic N) is 1. The van der Waals surface area contributed by atoms with E-state index in [1.807, 2.05) is 30.3 Å². The Labute approximate surface area is 125 Å². The Morgan fingerprint density at radius 2 is 1.90 bits per heavy atom. The van der Waals surface area contributed by atoms with Crippen LogP contribution < -0.4 is 5.43 Å². The zero-order valence-electron chi connectivity index (χ0n) is 10.8. The van der Waals surface area contributed by atoms with Gasteiger partial charge < -0.3 is 5.11 Å². The molecule has 0 saturated heterocycles. The fraction of sp³-hybridized carbons (Fsp3) is 0.0667. The lowest BCUT2D eigenvalue weighted by Gasteiger charge is -2.05. The number of hydrogen-bond acceptors (Lipinski definition) is 3. The number of benzene rings is 2. The molecule has 0 unspecified atom stereocenters. The summed E-state index contributed by atoms with van der Waals surface area (Å²) in [6, 6.07) is 14.2. The SMILES string of the molecule is CC(=NNC(=O)c1cc(Br)ccc1O)c1ccccc1. The number of phenols is 1. The molecule has 2 aromatic rings. The van der Waals surface area contributed by atoms with E-state index in [4.69, 9.17) is 0 Å². The Morgan fingerprint density at radius 3 is 2.60 bits per heavy atom. The molecule has 0 bridgehead atoms. The summed E-state index contributed by atoms with van der Waals surface area (Å²) in [4.78, 5) is 12.0. The summed E-state index contributed by atoms with van der Waals surface area (Å²) < 4.78 is 0.712. The number of phenolic OH excluding ortho intramolecular Hbond substituents is 1. The summed E-state index contributed by atoms with van der Waals surface area (Å²) in [7, 11) is 0. The lowest BCUT2D eigenvalue weighted by molar-refractivity contribution is 0.0952. The highest BCUT2D eigenvalue weighted by Crippen LogP contribution is 2.21. The molecule has 0 aromatic heterocycles. The minimum absolute atomic E-state index is 0.0849. The van der Waals surface area contributed by atoms with Crippen molar-refractivity contribution in [2.75, 3.05) is 0 Å². The van der Waals surface area contributed by atoms with Gasteiger partial charge in [0.25, 0.3) is 5.91 Å². The zero-order chi connectivity index (χ0) is 14.5. The van der Waals surface area contributed by atoms with Crippen molar-refractivity contribution < 1.29 is 9.90 Å². The second-order valence-electron chi connectivity index (χ2n) is 4.17. The highest BCUT2D eigenvalue weighted by Gasteiger charge is 2.11. The van der Waals surface area contributed by atoms with Gasteiger partial charge in [0, 0.05) is 4.47 Å². The maximum absolute atomic E-state index is 12.0.